The molecule has 1 heterocycles. The number of carbonyl (C=O) groups is 1. The normalized spacial score (nSPS) is 10.3. The molecule has 0 N–H and O–H groups in total. The molecule has 68 valence electrons. The minimum absolute atomic E-state index is 0.379. The van der Waals surface area contributed by atoms with Gasteiger partial charge in [-0.2, -0.15) is 0 Å². The molecule has 0 saturated carbocycles. The van der Waals surface area contributed by atoms with E-state index in [1.165, 1.54) is 13.2 Å². The number of esters is 1. The maximum Gasteiger partial charge on any atom is 0.330 e. The molecule has 0 saturated heterocycles. The van der Waals surface area contributed by atoms with Crippen molar-refractivity contribution >= 4 is 28.0 Å². The highest BCUT2D eigenvalue weighted by molar-refractivity contribution is 9.10. The van der Waals surface area contributed by atoms with Crippen molar-refractivity contribution in [2.75, 3.05) is 7.11 Å². The van der Waals surface area contributed by atoms with E-state index in [2.05, 4.69) is 25.7 Å². The predicted octanol–water partition coefficient (Wildman–Crippen LogP) is 2.03. The van der Waals surface area contributed by atoms with Crippen molar-refractivity contribution in [3.05, 3.63) is 34.6 Å². The SMILES string of the molecule is COC(=O)C=Cc1cccnc1Br. The number of hydrogen-bond donors (Lipinski definition) is 0. The fraction of sp³-hybridized carbons (Fsp3) is 0.111. The highest BCUT2D eigenvalue weighted by Crippen LogP contribution is 2.13. The summed E-state index contributed by atoms with van der Waals surface area (Å²) < 4.78 is 5.15. The quantitative estimate of drug-likeness (QED) is 0.452. The monoisotopic (exact) mass is 241 g/mol. The minimum atomic E-state index is -0.379. The Balaban J connectivity index is 2.80. The number of methoxy groups -OCH3 is 1. The van der Waals surface area contributed by atoms with Crippen LogP contribution in [0.2, 0.25) is 0 Å². The first kappa shape index (κ1) is 9.92. The summed E-state index contributed by atoms with van der Waals surface area (Å²) in [5.74, 6) is -0.379. The molecule has 13 heavy (non-hydrogen) atoms. The number of ether oxygens (including phenoxy) is 1. The summed E-state index contributed by atoms with van der Waals surface area (Å²) in [4.78, 5) is 14.7. The summed E-state index contributed by atoms with van der Waals surface area (Å²) >= 11 is 3.25. The van der Waals surface area contributed by atoms with Gasteiger partial charge in [0.15, 0.2) is 0 Å². The molecular formula is C9H8BrNO2. The third-order valence-electron chi connectivity index (χ3n) is 1.39. The van der Waals surface area contributed by atoms with Crippen LogP contribution in [0, 0.1) is 0 Å². The Labute approximate surface area is 84.6 Å². The smallest absolute Gasteiger partial charge is 0.330 e. The van der Waals surface area contributed by atoms with Crippen molar-refractivity contribution < 1.29 is 9.53 Å². The average Bonchev–Trinajstić information content (AvgIpc) is 2.16. The molecule has 1 aromatic rings. The van der Waals surface area contributed by atoms with Crippen LogP contribution in [0.1, 0.15) is 5.56 Å². The zero-order valence-electron chi connectivity index (χ0n) is 7.03. The Kier molecular flexibility index (Phi) is 3.64. The average molecular weight is 242 g/mol. The van der Waals surface area contributed by atoms with E-state index >= 15 is 0 Å². The van der Waals surface area contributed by atoms with Gasteiger partial charge in [-0.05, 0) is 28.1 Å². The van der Waals surface area contributed by atoms with Crippen LogP contribution in [0.4, 0.5) is 0 Å². The van der Waals surface area contributed by atoms with Gasteiger partial charge >= 0.3 is 5.97 Å². The van der Waals surface area contributed by atoms with Crippen molar-refractivity contribution in [1.82, 2.24) is 4.98 Å². The summed E-state index contributed by atoms with van der Waals surface area (Å²) in [5.41, 5.74) is 0.841. The number of hydrogen-bond acceptors (Lipinski definition) is 3. The lowest BCUT2D eigenvalue weighted by atomic mass is 10.2. The molecule has 1 rings (SSSR count). The molecule has 0 radical (unpaired) electrons. The van der Waals surface area contributed by atoms with E-state index < -0.39 is 0 Å². The van der Waals surface area contributed by atoms with E-state index in [0.29, 0.717) is 4.60 Å². The molecule has 0 spiro atoms. The molecule has 0 aliphatic carbocycles. The van der Waals surface area contributed by atoms with Crippen LogP contribution in [-0.4, -0.2) is 18.1 Å². The second-order valence-corrected chi connectivity index (χ2v) is 2.99. The molecule has 0 aliphatic heterocycles. The molecule has 0 bridgehead atoms. The number of carbonyl (C=O) groups excluding carboxylic acids is 1. The first-order valence-corrected chi connectivity index (χ1v) is 4.40. The van der Waals surface area contributed by atoms with Gasteiger partial charge in [0, 0.05) is 17.8 Å². The molecule has 1 aromatic heterocycles. The zero-order valence-corrected chi connectivity index (χ0v) is 8.61. The van der Waals surface area contributed by atoms with Crippen molar-refractivity contribution in [2.24, 2.45) is 0 Å². The van der Waals surface area contributed by atoms with Crippen molar-refractivity contribution in [1.29, 1.82) is 0 Å². The van der Waals surface area contributed by atoms with Crippen LogP contribution in [0.5, 0.6) is 0 Å². The van der Waals surface area contributed by atoms with Gasteiger partial charge in [0.05, 0.1) is 7.11 Å². The molecule has 3 nitrogen and oxygen atoms in total. The molecule has 0 amide bonds. The van der Waals surface area contributed by atoms with E-state index in [9.17, 15) is 4.79 Å². The third kappa shape index (κ3) is 2.99. The first-order chi connectivity index (χ1) is 6.24. The number of rotatable bonds is 2. The Bertz CT molecular complexity index is 336. The molecule has 0 aliphatic rings. The summed E-state index contributed by atoms with van der Waals surface area (Å²) in [6.07, 6.45) is 4.66. The molecular weight excluding hydrogens is 234 g/mol. The Morgan fingerprint density at radius 2 is 2.46 bits per heavy atom. The van der Waals surface area contributed by atoms with E-state index in [0.717, 1.165) is 5.56 Å². The predicted molar refractivity (Wildman–Crippen MR) is 53.0 cm³/mol. The molecule has 0 aromatic carbocycles. The lowest BCUT2D eigenvalue weighted by molar-refractivity contribution is -0.134. The number of nitrogens with zero attached hydrogens (tertiary/aromatic N) is 1. The van der Waals surface area contributed by atoms with Crippen molar-refractivity contribution in [2.45, 2.75) is 0 Å². The van der Waals surface area contributed by atoms with Gasteiger partial charge in [-0.15, -0.1) is 0 Å². The van der Waals surface area contributed by atoms with Crippen molar-refractivity contribution in [3.8, 4) is 0 Å². The number of pyridine rings is 1. The van der Waals surface area contributed by atoms with Crippen molar-refractivity contribution in [3.63, 3.8) is 0 Å². The van der Waals surface area contributed by atoms with E-state index in [-0.39, 0.29) is 5.97 Å². The van der Waals surface area contributed by atoms with Gasteiger partial charge in [-0.3, -0.25) is 0 Å². The summed E-state index contributed by atoms with van der Waals surface area (Å²) in [6, 6.07) is 3.64. The topological polar surface area (TPSA) is 39.2 Å². The van der Waals surface area contributed by atoms with Crippen LogP contribution in [0.15, 0.2) is 29.0 Å². The Morgan fingerprint density at radius 3 is 3.08 bits per heavy atom. The van der Waals surface area contributed by atoms with Gasteiger partial charge in [0.25, 0.3) is 0 Å². The minimum Gasteiger partial charge on any atom is -0.466 e. The molecule has 0 unspecified atom stereocenters. The third-order valence-corrected chi connectivity index (χ3v) is 2.05. The van der Waals surface area contributed by atoms with Crippen LogP contribution in [0.25, 0.3) is 6.08 Å². The lowest BCUT2D eigenvalue weighted by Crippen LogP contribution is -1.93. The second-order valence-electron chi connectivity index (χ2n) is 2.24. The largest absolute Gasteiger partial charge is 0.466 e. The van der Waals surface area contributed by atoms with Crippen LogP contribution >= 0.6 is 15.9 Å². The van der Waals surface area contributed by atoms with Gasteiger partial charge in [-0.25, -0.2) is 9.78 Å². The zero-order chi connectivity index (χ0) is 9.68. The second kappa shape index (κ2) is 4.77. The fourth-order valence-electron chi connectivity index (χ4n) is 0.749. The van der Waals surface area contributed by atoms with Gasteiger partial charge in [0.1, 0.15) is 4.60 Å². The van der Waals surface area contributed by atoms with E-state index in [1.807, 2.05) is 6.07 Å². The van der Waals surface area contributed by atoms with E-state index in [4.69, 9.17) is 0 Å². The number of aromatic nitrogens is 1. The van der Waals surface area contributed by atoms with Gasteiger partial charge in [-0.1, -0.05) is 6.07 Å². The summed E-state index contributed by atoms with van der Waals surface area (Å²) in [5, 5.41) is 0. The highest BCUT2D eigenvalue weighted by Gasteiger charge is 1.96. The van der Waals surface area contributed by atoms with Gasteiger partial charge in [0.2, 0.25) is 0 Å². The standard InChI is InChI=1S/C9H8BrNO2/c1-13-8(12)5-4-7-3-2-6-11-9(7)10/h2-6H,1H3. The molecule has 0 fully saturated rings. The maximum absolute atomic E-state index is 10.8. The van der Waals surface area contributed by atoms with Crippen LogP contribution in [0.3, 0.4) is 0 Å². The molecule has 0 atom stereocenters. The summed E-state index contributed by atoms with van der Waals surface area (Å²) in [6.45, 7) is 0. The van der Waals surface area contributed by atoms with Crippen LogP contribution in [-0.2, 0) is 9.53 Å². The first-order valence-electron chi connectivity index (χ1n) is 3.60. The van der Waals surface area contributed by atoms with E-state index in [1.54, 1.807) is 18.3 Å². The maximum atomic E-state index is 10.8. The Hall–Kier alpha value is -1.16. The highest BCUT2D eigenvalue weighted by atomic mass is 79.9. The van der Waals surface area contributed by atoms with Gasteiger partial charge < -0.3 is 4.74 Å². The summed E-state index contributed by atoms with van der Waals surface area (Å²) in [7, 11) is 1.34. The fourth-order valence-corrected chi connectivity index (χ4v) is 1.13. The molecule has 4 heteroatoms. The Morgan fingerprint density at radius 1 is 1.69 bits per heavy atom. The van der Waals surface area contributed by atoms with Crippen LogP contribution < -0.4 is 0 Å². The lowest BCUT2D eigenvalue weighted by Gasteiger charge is -1.95. The number of halogens is 1.